The lowest BCUT2D eigenvalue weighted by molar-refractivity contribution is -0.881. The molecule has 2 aliphatic rings. The summed E-state index contributed by atoms with van der Waals surface area (Å²) in [5, 5.41) is 3.39. The van der Waals surface area contributed by atoms with Gasteiger partial charge in [-0.05, 0) is 31.2 Å². The van der Waals surface area contributed by atoms with Gasteiger partial charge in [0.2, 0.25) is 5.88 Å². The van der Waals surface area contributed by atoms with Crippen LogP contribution < -0.4 is 10.1 Å². The van der Waals surface area contributed by atoms with E-state index in [9.17, 15) is 13.2 Å². The van der Waals surface area contributed by atoms with Crippen molar-refractivity contribution in [2.24, 2.45) is 0 Å². The maximum Gasteiger partial charge on any atom is 0.346 e. The molecule has 2 fully saturated rings. The van der Waals surface area contributed by atoms with E-state index >= 15 is 0 Å². The first kappa shape index (κ1) is 22.9. The summed E-state index contributed by atoms with van der Waals surface area (Å²) >= 11 is 0. The van der Waals surface area contributed by atoms with Gasteiger partial charge in [0.1, 0.15) is 6.10 Å². The van der Waals surface area contributed by atoms with Gasteiger partial charge in [-0.25, -0.2) is 18.2 Å². The summed E-state index contributed by atoms with van der Waals surface area (Å²) in [4.78, 5) is 18.6. The molecule has 1 aromatic carbocycles. The molecule has 0 radical (unpaired) electrons. The summed E-state index contributed by atoms with van der Waals surface area (Å²) in [7, 11) is -3.38. The Balaban J connectivity index is 1.58. The molecule has 0 saturated carbocycles. The van der Waals surface area contributed by atoms with Gasteiger partial charge in [-0.2, -0.15) is 0 Å². The van der Waals surface area contributed by atoms with Crippen LogP contribution in [0.3, 0.4) is 0 Å². The van der Waals surface area contributed by atoms with Gasteiger partial charge in [0, 0.05) is 56.8 Å². The van der Waals surface area contributed by atoms with Gasteiger partial charge in [0.15, 0.2) is 9.84 Å². The van der Waals surface area contributed by atoms with Crippen LogP contribution in [0.1, 0.15) is 41.7 Å². The van der Waals surface area contributed by atoms with Crippen molar-refractivity contribution in [2.75, 3.05) is 32.4 Å². The van der Waals surface area contributed by atoms with Crippen molar-refractivity contribution in [1.29, 1.82) is 0 Å². The van der Waals surface area contributed by atoms with Crippen LogP contribution in [-0.2, 0) is 9.84 Å². The zero-order valence-electron chi connectivity index (χ0n) is 18.8. The molecule has 2 aliphatic heterocycles. The average molecular weight is 459 g/mol. The number of rotatable bonds is 5. The minimum atomic E-state index is -3.38. The van der Waals surface area contributed by atoms with Crippen LogP contribution in [0.2, 0.25) is 0 Å². The fraction of sp³-hybridized carbons (Fsp3) is 0.500. The average Bonchev–Trinajstić information content (AvgIpc) is 2.79. The first-order valence-corrected chi connectivity index (χ1v) is 13.2. The van der Waals surface area contributed by atoms with Crippen molar-refractivity contribution in [1.82, 2.24) is 10.3 Å². The molecule has 2 aromatic rings. The fourth-order valence-electron chi connectivity index (χ4n) is 5.03. The molecule has 8 heteroatoms. The lowest BCUT2D eigenvalue weighted by atomic mass is 9.93. The number of hydrogen-bond acceptors (Lipinski definition) is 6. The van der Waals surface area contributed by atoms with E-state index in [1.807, 2.05) is 25.1 Å². The second kappa shape index (κ2) is 9.29. The number of aryl methyl sites for hydroxylation is 1. The van der Waals surface area contributed by atoms with E-state index in [-0.39, 0.29) is 22.9 Å². The van der Waals surface area contributed by atoms with Gasteiger partial charge >= 0.3 is 5.91 Å². The Bertz CT molecular complexity index is 1070. The van der Waals surface area contributed by atoms with Crippen molar-refractivity contribution >= 4 is 15.7 Å². The Hall–Kier alpha value is -2.29. The van der Waals surface area contributed by atoms with Gasteiger partial charge in [0.25, 0.3) is 0 Å². The number of hydrogen-bond donors (Lipinski definition) is 1. The van der Waals surface area contributed by atoms with Crippen LogP contribution in [0, 0.1) is 6.92 Å². The van der Waals surface area contributed by atoms with E-state index in [1.54, 1.807) is 18.2 Å². The normalized spacial score (nSPS) is 24.8. The van der Waals surface area contributed by atoms with Crippen molar-refractivity contribution < 1.29 is 22.4 Å². The van der Waals surface area contributed by atoms with Crippen molar-refractivity contribution in [3.05, 3.63) is 53.7 Å². The van der Waals surface area contributed by atoms with Gasteiger partial charge in [-0.3, -0.25) is 4.48 Å². The molecule has 172 valence electrons. The van der Waals surface area contributed by atoms with Gasteiger partial charge in [-0.15, -0.1) is 0 Å². The molecule has 4 rings (SSSR count). The van der Waals surface area contributed by atoms with Crippen LogP contribution in [0.5, 0.6) is 5.88 Å². The Morgan fingerprint density at radius 1 is 1.06 bits per heavy atom. The van der Waals surface area contributed by atoms with E-state index in [0.717, 1.165) is 44.5 Å². The molecule has 0 unspecified atom stereocenters. The Labute approximate surface area is 190 Å². The minimum Gasteiger partial charge on any atom is -0.474 e. The number of likely N-dealkylation sites (tertiary alicyclic amines) is 1. The molecular formula is C24H32N3O4S+. The summed E-state index contributed by atoms with van der Waals surface area (Å²) in [6, 6.07) is 12.5. The second-order valence-corrected chi connectivity index (χ2v) is 11.0. The number of piperidine rings is 2. The third-order valence-corrected chi connectivity index (χ3v) is 7.88. The summed E-state index contributed by atoms with van der Waals surface area (Å²) < 4.78 is 30.6. The standard InChI is InChI=1S/C24H32N3O4S/c1-18-5-3-8-23(26-18)31-21-11-15-27(16-12-21,20-9-13-25-14-10-20)24(28)19-6-4-7-22(17-19)32(2,29)30/h3-8,17,20-21,25H,9-16H2,1-2H3/q+1. The van der Waals surface area contributed by atoms with Gasteiger partial charge < -0.3 is 10.1 Å². The molecule has 0 bridgehead atoms. The molecule has 1 amide bonds. The Morgan fingerprint density at radius 3 is 2.41 bits per heavy atom. The SMILES string of the molecule is Cc1cccc(OC2CC[N+](C(=O)c3cccc(S(C)(=O)=O)c3)(C3CCNCC3)CC2)n1. The van der Waals surface area contributed by atoms with E-state index in [1.165, 1.54) is 12.3 Å². The maximum atomic E-state index is 13.9. The number of quaternary nitrogens is 1. The molecule has 3 heterocycles. The van der Waals surface area contributed by atoms with E-state index in [4.69, 9.17) is 4.74 Å². The van der Waals surface area contributed by atoms with E-state index < -0.39 is 9.84 Å². The van der Waals surface area contributed by atoms with Crippen molar-refractivity contribution in [3.8, 4) is 5.88 Å². The highest BCUT2D eigenvalue weighted by atomic mass is 32.2. The molecule has 1 aromatic heterocycles. The topological polar surface area (TPSA) is 85.4 Å². The maximum absolute atomic E-state index is 13.9. The van der Waals surface area contributed by atoms with Crippen molar-refractivity contribution in [2.45, 2.75) is 49.6 Å². The molecule has 0 atom stereocenters. The molecular weight excluding hydrogens is 426 g/mol. The number of sulfone groups is 1. The second-order valence-electron chi connectivity index (χ2n) is 9.00. The number of aromatic nitrogens is 1. The zero-order chi connectivity index (χ0) is 22.8. The highest BCUT2D eigenvalue weighted by Crippen LogP contribution is 2.32. The first-order chi connectivity index (χ1) is 15.3. The minimum absolute atomic E-state index is 0.0208. The van der Waals surface area contributed by atoms with E-state index in [2.05, 4.69) is 10.3 Å². The third kappa shape index (κ3) is 4.87. The largest absolute Gasteiger partial charge is 0.474 e. The number of pyridine rings is 1. The number of carbonyl (C=O) groups excluding carboxylic acids is 1. The lowest BCUT2D eigenvalue weighted by Crippen LogP contribution is -2.65. The van der Waals surface area contributed by atoms with Crippen molar-refractivity contribution in [3.63, 3.8) is 0 Å². The van der Waals surface area contributed by atoms with Crippen LogP contribution in [-0.4, -0.2) is 68.4 Å². The molecule has 32 heavy (non-hydrogen) atoms. The monoisotopic (exact) mass is 458 g/mol. The molecule has 7 nitrogen and oxygen atoms in total. The summed E-state index contributed by atoms with van der Waals surface area (Å²) in [6.45, 7) is 5.10. The van der Waals surface area contributed by atoms with Crippen LogP contribution in [0.25, 0.3) is 0 Å². The first-order valence-electron chi connectivity index (χ1n) is 11.3. The fourth-order valence-corrected chi connectivity index (χ4v) is 5.70. The summed E-state index contributed by atoms with van der Waals surface area (Å²) in [5.74, 6) is 0.651. The molecule has 0 spiro atoms. The highest BCUT2D eigenvalue weighted by Gasteiger charge is 2.48. The third-order valence-electron chi connectivity index (χ3n) is 6.77. The van der Waals surface area contributed by atoms with Crippen LogP contribution in [0.4, 0.5) is 0 Å². The smallest absolute Gasteiger partial charge is 0.346 e. The highest BCUT2D eigenvalue weighted by molar-refractivity contribution is 7.90. The number of ether oxygens (including phenoxy) is 1. The van der Waals surface area contributed by atoms with Crippen LogP contribution >= 0.6 is 0 Å². The Kier molecular flexibility index (Phi) is 6.65. The van der Waals surface area contributed by atoms with Gasteiger partial charge in [0.05, 0.1) is 29.6 Å². The zero-order valence-corrected chi connectivity index (χ0v) is 19.6. The number of amides is 1. The predicted molar refractivity (Wildman–Crippen MR) is 122 cm³/mol. The van der Waals surface area contributed by atoms with E-state index in [0.29, 0.717) is 29.0 Å². The molecule has 0 aliphatic carbocycles. The summed E-state index contributed by atoms with van der Waals surface area (Å²) in [5.41, 5.74) is 1.39. The molecule has 2 saturated heterocycles. The number of benzene rings is 1. The van der Waals surface area contributed by atoms with Gasteiger partial charge in [-0.1, -0.05) is 12.1 Å². The summed E-state index contributed by atoms with van der Waals surface area (Å²) in [6.07, 6.45) is 4.59. The number of carbonyl (C=O) groups is 1. The van der Waals surface area contributed by atoms with Crippen LogP contribution in [0.15, 0.2) is 47.4 Å². The lowest BCUT2D eigenvalue weighted by Gasteiger charge is -2.47. The predicted octanol–water partition coefficient (Wildman–Crippen LogP) is 2.74. The Morgan fingerprint density at radius 2 is 1.75 bits per heavy atom. The quantitative estimate of drug-likeness (QED) is 0.694. The number of nitrogens with one attached hydrogen (secondary N) is 1. The number of nitrogens with zero attached hydrogens (tertiary/aromatic N) is 2. The molecule has 1 N–H and O–H groups in total.